The lowest BCUT2D eigenvalue weighted by molar-refractivity contribution is -0.121. The topological polar surface area (TPSA) is 82.1 Å². The van der Waals surface area contributed by atoms with Crippen LogP contribution in [-0.4, -0.2) is 61.8 Å². The number of piperazine rings is 1. The number of methoxy groups -OCH3 is 1. The summed E-state index contributed by atoms with van der Waals surface area (Å²) >= 11 is 0. The molecule has 0 saturated carbocycles. The van der Waals surface area contributed by atoms with Crippen LogP contribution in [0.5, 0.6) is 5.75 Å². The van der Waals surface area contributed by atoms with E-state index in [4.69, 9.17) is 0 Å². The van der Waals surface area contributed by atoms with Gasteiger partial charge in [-0.2, -0.15) is 0 Å². The molecule has 114 valence electrons. The highest BCUT2D eigenvalue weighted by Gasteiger charge is 2.20. The standard InChI is InChI=1S/C14H19N3O4/c1-21-14(20)15-13(19)10-16-6-8-17(9-7-16)11-2-4-12(18)5-3-11/h2-5,18H,6-10H2,1H3,(H,15,19,20). The third-order valence-corrected chi connectivity index (χ3v) is 3.38. The Kier molecular flexibility index (Phi) is 4.99. The van der Waals surface area contributed by atoms with Crippen molar-refractivity contribution in [1.29, 1.82) is 0 Å². The molecular formula is C14H19N3O4. The molecule has 1 fully saturated rings. The summed E-state index contributed by atoms with van der Waals surface area (Å²) in [4.78, 5) is 26.7. The van der Waals surface area contributed by atoms with E-state index in [9.17, 15) is 14.7 Å². The molecule has 0 spiro atoms. The first-order valence-electron chi connectivity index (χ1n) is 6.72. The molecule has 1 saturated heterocycles. The van der Waals surface area contributed by atoms with E-state index in [1.54, 1.807) is 12.1 Å². The number of ether oxygens (including phenoxy) is 1. The Hall–Kier alpha value is -2.28. The highest BCUT2D eigenvalue weighted by molar-refractivity contribution is 5.92. The van der Waals surface area contributed by atoms with Gasteiger partial charge in [0.25, 0.3) is 0 Å². The van der Waals surface area contributed by atoms with Crippen molar-refractivity contribution >= 4 is 17.7 Å². The summed E-state index contributed by atoms with van der Waals surface area (Å²) in [6.45, 7) is 3.22. The molecule has 2 amide bonds. The molecule has 0 radical (unpaired) electrons. The number of carbonyl (C=O) groups excluding carboxylic acids is 2. The van der Waals surface area contributed by atoms with Gasteiger partial charge in [0, 0.05) is 31.9 Å². The van der Waals surface area contributed by atoms with E-state index in [2.05, 4.69) is 15.0 Å². The monoisotopic (exact) mass is 293 g/mol. The number of imide groups is 1. The quantitative estimate of drug-likeness (QED) is 0.839. The molecule has 2 rings (SSSR count). The Morgan fingerprint density at radius 1 is 1.19 bits per heavy atom. The maximum Gasteiger partial charge on any atom is 0.413 e. The minimum absolute atomic E-state index is 0.179. The van der Waals surface area contributed by atoms with E-state index < -0.39 is 6.09 Å². The number of nitrogens with one attached hydrogen (secondary N) is 1. The van der Waals surface area contributed by atoms with Crippen molar-refractivity contribution in [3.63, 3.8) is 0 Å². The summed E-state index contributed by atoms with van der Waals surface area (Å²) in [5.41, 5.74) is 1.05. The van der Waals surface area contributed by atoms with Crippen LogP contribution in [0, 0.1) is 0 Å². The van der Waals surface area contributed by atoms with E-state index in [-0.39, 0.29) is 18.2 Å². The second-order valence-electron chi connectivity index (χ2n) is 4.82. The number of nitrogens with zero attached hydrogens (tertiary/aromatic N) is 2. The van der Waals surface area contributed by atoms with E-state index >= 15 is 0 Å². The first-order chi connectivity index (χ1) is 10.1. The van der Waals surface area contributed by atoms with Crippen LogP contribution in [0.2, 0.25) is 0 Å². The van der Waals surface area contributed by atoms with Crippen molar-refractivity contribution < 1.29 is 19.4 Å². The van der Waals surface area contributed by atoms with Gasteiger partial charge in [-0.3, -0.25) is 15.0 Å². The Morgan fingerprint density at radius 2 is 1.81 bits per heavy atom. The molecule has 2 N–H and O–H groups in total. The summed E-state index contributed by atoms with van der Waals surface area (Å²) in [5.74, 6) is -0.114. The highest BCUT2D eigenvalue weighted by Crippen LogP contribution is 2.19. The number of phenolic OH excluding ortho intramolecular Hbond substituents is 1. The van der Waals surface area contributed by atoms with E-state index in [0.29, 0.717) is 0 Å². The highest BCUT2D eigenvalue weighted by atomic mass is 16.5. The van der Waals surface area contributed by atoms with Crippen LogP contribution in [0.1, 0.15) is 0 Å². The molecule has 0 aromatic heterocycles. The first-order valence-corrected chi connectivity index (χ1v) is 6.72. The predicted molar refractivity (Wildman–Crippen MR) is 77.3 cm³/mol. The smallest absolute Gasteiger partial charge is 0.413 e. The second-order valence-corrected chi connectivity index (χ2v) is 4.82. The van der Waals surface area contributed by atoms with Crippen LogP contribution in [0.25, 0.3) is 0 Å². The Morgan fingerprint density at radius 3 is 2.38 bits per heavy atom. The van der Waals surface area contributed by atoms with E-state index in [0.717, 1.165) is 31.9 Å². The zero-order chi connectivity index (χ0) is 15.2. The van der Waals surface area contributed by atoms with Gasteiger partial charge >= 0.3 is 6.09 Å². The zero-order valence-corrected chi connectivity index (χ0v) is 11.9. The van der Waals surface area contributed by atoms with Gasteiger partial charge in [-0.1, -0.05) is 0 Å². The fraction of sp³-hybridized carbons (Fsp3) is 0.429. The average Bonchev–Trinajstić information content (AvgIpc) is 2.48. The molecule has 21 heavy (non-hydrogen) atoms. The molecule has 7 heteroatoms. The summed E-state index contributed by atoms with van der Waals surface area (Å²) in [7, 11) is 1.22. The van der Waals surface area contributed by atoms with Crippen molar-refractivity contribution in [3.8, 4) is 5.75 Å². The Labute approximate surface area is 123 Å². The molecule has 1 aliphatic heterocycles. The Bertz CT molecular complexity index is 495. The van der Waals surface area contributed by atoms with E-state index in [1.807, 2.05) is 17.0 Å². The van der Waals surface area contributed by atoms with Crippen LogP contribution < -0.4 is 10.2 Å². The lowest BCUT2D eigenvalue weighted by Crippen LogP contribution is -2.50. The van der Waals surface area contributed by atoms with Gasteiger partial charge in [-0.05, 0) is 24.3 Å². The average molecular weight is 293 g/mol. The van der Waals surface area contributed by atoms with Gasteiger partial charge in [-0.25, -0.2) is 4.79 Å². The molecule has 1 heterocycles. The minimum Gasteiger partial charge on any atom is -0.508 e. The third-order valence-electron chi connectivity index (χ3n) is 3.38. The van der Waals surface area contributed by atoms with Gasteiger partial charge < -0.3 is 14.7 Å². The SMILES string of the molecule is COC(=O)NC(=O)CN1CCN(c2ccc(O)cc2)CC1. The van der Waals surface area contributed by atoms with Gasteiger partial charge in [-0.15, -0.1) is 0 Å². The van der Waals surface area contributed by atoms with Gasteiger partial charge in [0.2, 0.25) is 5.91 Å². The lowest BCUT2D eigenvalue weighted by atomic mass is 10.2. The number of amides is 2. The Balaban J connectivity index is 1.79. The number of alkyl carbamates (subject to hydrolysis) is 1. The first kappa shape index (κ1) is 15.1. The molecule has 0 unspecified atom stereocenters. The van der Waals surface area contributed by atoms with Gasteiger partial charge in [0.05, 0.1) is 13.7 Å². The molecule has 1 aromatic rings. The maximum absolute atomic E-state index is 11.6. The van der Waals surface area contributed by atoms with Crippen LogP contribution in [0.3, 0.4) is 0 Å². The van der Waals surface area contributed by atoms with E-state index in [1.165, 1.54) is 7.11 Å². The molecule has 0 aliphatic carbocycles. The largest absolute Gasteiger partial charge is 0.508 e. The number of rotatable bonds is 3. The predicted octanol–water partition coefficient (Wildman–Crippen LogP) is 0.397. The van der Waals surface area contributed by atoms with Crippen molar-refractivity contribution in [3.05, 3.63) is 24.3 Å². The molecule has 1 aromatic carbocycles. The lowest BCUT2D eigenvalue weighted by Gasteiger charge is -2.35. The molecule has 1 aliphatic rings. The van der Waals surface area contributed by atoms with Crippen LogP contribution in [0.4, 0.5) is 10.5 Å². The fourth-order valence-electron chi connectivity index (χ4n) is 2.24. The van der Waals surface area contributed by atoms with Gasteiger partial charge in [0.1, 0.15) is 5.75 Å². The van der Waals surface area contributed by atoms with Crippen molar-refractivity contribution in [2.45, 2.75) is 0 Å². The van der Waals surface area contributed by atoms with Gasteiger partial charge in [0.15, 0.2) is 0 Å². The summed E-state index contributed by atoms with van der Waals surface area (Å²) in [6, 6.07) is 7.06. The van der Waals surface area contributed by atoms with Crippen molar-refractivity contribution in [2.75, 3.05) is 44.7 Å². The number of carbonyl (C=O) groups is 2. The van der Waals surface area contributed by atoms with Crippen LogP contribution >= 0.6 is 0 Å². The summed E-state index contributed by atoms with van der Waals surface area (Å²) < 4.78 is 4.38. The summed E-state index contributed by atoms with van der Waals surface area (Å²) in [6.07, 6.45) is -0.734. The van der Waals surface area contributed by atoms with Crippen LogP contribution in [0.15, 0.2) is 24.3 Å². The number of phenols is 1. The minimum atomic E-state index is -0.734. The molecule has 7 nitrogen and oxygen atoms in total. The normalized spacial score (nSPS) is 15.6. The zero-order valence-electron chi connectivity index (χ0n) is 11.9. The number of anilines is 1. The number of benzene rings is 1. The van der Waals surface area contributed by atoms with Crippen molar-refractivity contribution in [1.82, 2.24) is 10.2 Å². The summed E-state index contributed by atoms with van der Waals surface area (Å²) in [5, 5.41) is 11.4. The van der Waals surface area contributed by atoms with Crippen LogP contribution in [-0.2, 0) is 9.53 Å². The third kappa shape index (κ3) is 4.35. The molecular weight excluding hydrogens is 274 g/mol. The maximum atomic E-state index is 11.6. The molecule has 0 bridgehead atoms. The van der Waals surface area contributed by atoms with Crippen molar-refractivity contribution in [2.24, 2.45) is 0 Å². The fourth-order valence-corrected chi connectivity index (χ4v) is 2.24. The molecule has 0 atom stereocenters. The second kappa shape index (κ2) is 6.94. The number of aromatic hydroxyl groups is 1. The number of hydrogen-bond acceptors (Lipinski definition) is 6. The number of hydrogen-bond donors (Lipinski definition) is 2.